The molecule has 1 aromatic heterocycles. The van der Waals surface area contributed by atoms with E-state index in [0.717, 1.165) is 12.8 Å². The summed E-state index contributed by atoms with van der Waals surface area (Å²) in [6.45, 7) is 0. The first-order chi connectivity index (χ1) is 11.0. The highest BCUT2D eigenvalue weighted by molar-refractivity contribution is 7.78. The molecule has 1 unspecified atom stereocenters. The summed E-state index contributed by atoms with van der Waals surface area (Å²) in [5.74, 6) is -1.81. The van der Waals surface area contributed by atoms with Crippen molar-refractivity contribution in [2.45, 2.75) is 24.5 Å². The molecule has 0 spiro atoms. The van der Waals surface area contributed by atoms with Gasteiger partial charge in [-0.1, -0.05) is 29.4 Å². The second-order valence-corrected chi connectivity index (χ2v) is 6.23. The van der Waals surface area contributed by atoms with Crippen LogP contribution in [0.1, 0.15) is 56.5 Å². The number of ketones is 1. The van der Waals surface area contributed by atoms with Gasteiger partial charge in [0.1, 0.15) is 5.56 Å². The van der Waals surface area contributed by atoms with Crippen LogP contribution in [-0.4, -0.2) is 30.8 Å². The van der Waals surface area contributed by atoms with Crippen molar-refractivity contribution in [1.29, 1.82) is 0 Å². The van der Waals surface area contributed by atoms with Crippen LogP contribution < -0.4 is 0 Å². The summed E-state index contributed by atoms with van der Waals surface area (Å²) in [5, 5.41) is 12.7. The van der Waals surface area contributed by atoms with Crippen molar-refractivity contribution in [3.8, 4) is 0 Å². The highest BCUT2D eigenvalue weighted by Crippen LogP contribution is 2.43. The van der Waals surface area contributed by atoms with E-state index in [-0.39, 0.29) is 28.6 Å². The molecule has 2 N–H and O–H groups in total. The molecule has 0 radical (unpaired) electrons. The van der Waals surface area contributed by atoms with Crippen molar-refractivity contribution in [3.63, 3.8) is 0 Å². The van der Waals surface area contributed by atoms with E-state index in [1.54, 1.807) is 18.2 Å². The van der Waals surface area contributed by atoms with Gasteiger partial charge in [0.05, 0.1) is 5.75 Å². The highest BCUT2D eigenvalue weighted by Gasteiger charge is 2.37. The quantitative estimate of drug-likeness (QED) is 0.613. The van der Waals surface area contributed by atoms with E-state index < -0.39 is 28.5 Å². The van der Waals surface area contributed by atoms with Crippen molar-refractivity contribution in [2.75, 3.05) is 0 Å². The Labute approximate surface area is 133 Å². The maximum atomic E-state index is 12.8. The standard InChI is InChI=1S/C15H13NO6S/c17-13(10-4-2-1-3-9(10)7-23(20)21)11-12(15(18)19)16-22-14(11)8-5-6-8/h1-4,8H,5-7H2,(H,18,19)(H,20,21). The Balaban J connectivity index is 2.09. The summed E-state index contributed by atoms with van der Waals surface area (Å²) in [6, 6.07) is 6.32. The summed E-state index contributed by atoms with van der Waals surface area (Å²) in [6.07, 6.45) is 1.63. The van der Waals surface area contributed by atoms with Gasteiger partial charge in [-0.15, -0.1) is 0 Å². The SMILES string of the molecule is O=C(O)c1noc(C2CC2)c1C(=O)c1ccccc1CS(=O)O. The van der Waals surface area contributed by atoms with E-state index in [4.69, 9.17) is 9.08 Å². The molecule has 2 aromatic rings. The van der Waals surface area contributed by atoms with Crippen LogP contribution in [0.25, 0.3) is 0 Å². The van der Waals surface area contributed by atoms with Crippen LogP contribution in [0.4, 0.5) is 0 Å². The molecule has 1 aliphatic rings. The average molecular weight is 335 g/mol. The second-order valence-electron chi connectivity index (χ2n) is 5.30. The molecule has 1 aliphatic carbocycles. The Morgan fingerprint density at radius 1 is 1.30 bits per heavy atom. The fourth-order valence-corrected chi connectivity index (χ4v) is 2.95. The van der Waals surface area contributed by atoms with Crippen molar-refractivity contribution >= 4 is 22.8 Å². The van der Waals surface area contributed by atoms with Gasteiger partial charge in [-0.25, -0.2) is 9.00 Å². The molecule has 0 aliphatic heterocycles. The number of aromatic nitrogens is 1. The number of carboxylic acids is 1. The molecule has 120 valence electrons. The molecule has 1 aromatic carbocycles. The Bertz CT molecular complexity index is 808. The molecule has 1 heterocycles. The van der Waals surface area contributed by atoms with Gasteiger partial charge < -0.3 is 14.2 Å². The zero-order valence-corrected chi connectivity index (χ0v) is 12.7. The summed E-state index contributed by atoms with van der Waals surface area (Å²) in [7, 11) is 0. The van der Waals surface area contributed by atoms with Crippen LogP contribution in [0.2, 0.25) is 0 Å². The minimum Gasteiger partial charge on any atom is -0.476 e. The normalized spacial score (nSPS) is 15.3. The lowest BCUT2D eigenvalue weighted by Crippen LogP contribution is -2.12. The topological polar surface area (TPSA) is 118 Å². The number of carbonyl (C=O) groups is 2. The lowest BCUT2D eigenvalue weighted by atomic mass is 9.96. The molecule has 23 heavy (non-hydrogen) atoms. The number of hydrogen-bond donors (Lipinski definition) is 2. The molecule has 3 rings (SSSR count). The van der Waals surface area contributed by atoms with Gasteiger partial charge in [0.15, 0.2) is 22.6 Å². The second kappa shape index (κ2) is 6.05. The van der Waals surface area contributed by atoms with E-state index in [9.17, 15) is 18.9 Å². The van der Waals surface area contributed by atoms with Crippen molar-refractivity contribution < 1.29 is 28.0 Å². The largest absolute Gasteiger partial charge is 0.476 e. The number of aromatic carboxylic acids is 1. The van der Waals surface area contributed by atoms with Crippen molar-refractivity contribution in [3.05, 3.63) is 52.4 Å². The Hall–Kier alpha value is -2.32. The van der Waals surface area contributed by atoms with E-state index in [0.29, 0.717) is 5.56 Å². The first-order valence-electron chi connectivity index (χ1n) is 6.92. The van der Waals surface area contributed by atoms with Crippen molar-refractivity contribution in [1.82, 2.24) is 5.16 Å². The third-order valence-electron chi connectivity index (χ3n) is 3.64. The molecule has 7 nitrogen and oxygen atoms in total. The highest BCUT2D eigenvalue weighted by atomic mass is 32.2. The predicted molar refractivity (Wildman–Crippen MR) is 79.8 cm³/mol. The first-order valence-corrected chi connectivity index (χ1v) is 8.19. The molecule has 0 amide bonds. The molecule has 1 fully saturated rings. The molecule has 0 bridgehead atoms. The number of nitrogens with zero attached hydrogens (tertiary/aromatic N) is 1. The van der Waals surface area contributed by atoms with Crippen LogP contribution >= 0.6 is 0 Å². The summed E-state index contributed by atoms with van der Waals surface area (Å²) >= 11 is -2.11. The third-order valence-corrected chi connectivity index (χ3v) is 4.20. The molecular formula is C15H13NO6S. The molecular weight excluding hydrogens is 322 g/mol. The Kier molecular flexibility index (Phi) is 4.10. The maximum absolute atomic E-state index is 12.8. The first kappa shape index (κ1) is 15.6. The summed E-state index contributed by atoms with van der Waals surface area (Å²) in [5.41, 5.74) is 0.0770. The van der Waals surface area contributed by atoms with Gasteiger partial charge in [0.25, 0.3) is 0 Å². The fraction of sp³-hybridized carbons (Fsp3) is 0.267. The Morgan fingerprint density at radius 2 is 2.00 bits per heavy atom. The lowest BCUT2D eigenvalue weighted by molar-refractivity contribution is 0.0682. The minimum absolute atomic E-state index is 0.00804. The van der Waals surface area contributed by atoms with Gasteiger partial charge in [-0.3, -0.25) is 4.79 Å². The monoisotopic (exact) mass is 335 g/mol. The summed E-state index contributed by atoms with van der Waals surface area (Å²) in [4.78, 5) is 24.2. The van der Waals surface area contributed by atoms with E-state index in [2.05, 4.69) is 5.16 Å². The van der Waals surface area contributed by atoms with Crippen LogP contribution in [0, 0.1) is 0 Å². The number of benzene rings is 1. The van der Waals surface area contributed by atoms with Crippen LogP contribution in [0.15, 0.2) is 28.8 Å². The van der Waals surface area contributed by atoms with Gasteiger partial charge in [0, 0.05) is 11.5 Å². The number of carboxylic acid groups (broad SMARTS) is 1. The maximum Gasteiger partial charge on any atom is 0.358 e. The van der Waals surface area contributed by atoms with Crippen LogP contribution in [0.3, 0.4) is 0 Å². The molecule has 1 saturated carbocycles. The van der Waals surface area contributed by atoms with Crippen LogP contribution in [0.5, 0.6) is 0 Å². The molecule has 8 heteroatoms. The van der Waals surface area contributed by atoms with E-state index in [1.165, 1.54) is 6.07 Å². The molecule has 0 saturated heterocycles. The third kappa shape index (κ3) is 3.08. The average Bonchev–Trinajstić information content (AvgIpc) is 3.24. The van der Waals surface area contributed by atoms with E-state index in [1.807, 2.05) is 0 Å². The summed E-state index contributed by atoms with van der Waals surface area (Å²) < 4.78 is 25.2. The van der Waals surface area contributed by atoms with Gasteiger partial charge in [-0.05, 0) is 18.4 Å². The number of carbonyl (C=O) groups excluding carboxylic acids is 1. The van der Waals surface area contributed by atoms with Crippen molar-refractivity contribution in [2.24, 2.45) is 0 Å². The lowest BCUT2D eigenvalue weighted by Gasteiger charge is -2.07. The minimum atomic E-state index is -2.11. The number of rotatable bonds is 6. The number of hydrogen-bond acceptors (Lipinski definition) is 5. The van der Waals surface area contributed by atoms with E-state index >= 15 is 0 Å². The smallest absolute Gasteiger partial charge is 0.358 e. The fourth-order valence-electron chi connectivity index (χ4n) is 2.43. The Morgan fingerprint density at radius 3 is 2.61 bits per heavy atom. The van der Waals surface area contributed by atoms with Crippen LogP contribution in [-0.2, 0) is 16.8 Å². The van der Waals surface area contributed by atoms with Gasteiger partial charge in [-0.2, -0.15) is 0 Å². The zero-order valence-electron chi connectivity index (χ0n) is 11.9. The van der Waals surface area contributed by atoms with Gasteiger partial charge >= 0.3 is 5.97 Å². The molecule has 1 atom stereocenters. The predicted octanol–water partition coefficient (Wildman–Crippen LogP) is 2.20. The zero-order chi connectivity index (χ0) is 16.6. The van der Waals surface area contributed by atoms with Gasteiger partial charge in [0.2, 0.25) is 5.69 Å².